The van der Waals surface area contributed by atoms with Crippen molar-refractivity contribution in [2.75, 3.05) is 6.54 Å². The van der Waals surface area contributed by atoms with Gasteiger partial charge in [-0.15, -0.1) is 0 Å². The van der Waals surface area contributed by atoms with E-state index in [0.717, 1.165) is 25.1 Å². The van der Waals surface area contributed by atoms with E-state index in [9.17, 15) is 4.39 Å². The van der Waals surface area contributed by atoms with Crippen LogP contribution in [0.4, 0.5) is 4.39 Å². The molecule has 2 nitrogen and oxygen atoms in total. The molecule has 0 aliphatic rings. The molecule has 21 heavy (non-hydrogen) atoms. The van der Waals surface area contributed by atoms with Crippen LogP contribution in [0.2, 0.25) is 5.02 Å². The molecule has 0 aliphatic carbocycles. The second-order valence-corrected chi connectivity index (χ2v) is 5.88. The number of rotatable bonds is 6. The van der Waals surface area contributed by atoms with E-state index in [-0.39, 0.29) is 5.82 Å². The molecule has 0 fully saturated rings. The summed E-state index contributed by atoms with van der Waals surface area (Å²) in [6, 6.07) is 10.1. The van der Waals surface area contributed by atoms with Crippen LogP contribution in [0.5, 0.6) is 11.5 Å². The summed E-state index contributed by atoms with van der Waals surface area (Å²) >= 11 is 9.35. The average molecular weight is 373 g/mol. The zero-order valence-electron chi connectivity index (χ0n) is 11.6. The summed E-state index contributed by atoms with van der Waals surface area (Å²) in [7, 11) is 0. The van der Waals surface area contributed by atoms with Gasteiger partial charge in [0, 0.05) is 6.54 Å². The van der Waals surface area contributed by atoms with Crippen LogP contribution >= 0.6 is 27.5 Å². The fraction of sp³-hybridized carbons (Fsp3) is 0.250. The average Bonchev–Trinajstić information content (AvgIpc) is 2.46. The molecule has 112 valence electrons. The van der Waals surface area contributed by atoms with Gasteiger partial charge in [0.05, 0.1) is 9.50 Å². The van der Waals surface area contributed by atoms with Gasteiger partial charge < -0.3 is 10.1 Å². The smallest absolute Gasteiger partial charge is 0.146 e. The third-order valence-electron chi connectivity index (χ3n) is 2.87. The van der Waals surface area contributed by atoms with E-state index >= 15 is 0 Å². The third kappa shape index (κ3) is 4.70. The third-order valence-corrected chi connectivity index (χ3v) is 3.77. The Hall–Kier alpha value is -1.10. The SMILES string of the molecule is CCCNCc1ccc(Oc2ccc(F)c(Br)c2)c(Cl)c1. The quantitative estimate of drug-likeness (QED) is 0.673. The summed E-state index contributed by atoms with van der Waals surface area (Å²) in [5.41, 5.74) is 1.10. The van der Waals surface area contributed by atoms with Gasteiger partial charge in [-0.2, -0.15) is 0 Å². The highest BCUT2D eigenvalue weighted by atomic mass is 79.9. The van der Waals surface area contributed by atoms with Gasteiger partial charge in [0.1, 0.15) is 17.3 Å². The van der Waals surface area contributed by atoms with Crippen LogP contribution in [0.15, 0.2) is 40.9 Å². The minimum Gasteiger partial charge on any atom is -0.456 e. The van der Waals surface area contributed by atoms with Gasteiger partial charge in [-0.1, -0.05) is 24.6 Å². The van der Waals surface area contributed by atoms with Crippen molar-refractivity contribution < 1.29 is 9.13 Å². The van der Waals surface area contributed by atoms with Gasteiger partial charge in [0.15, 0.2) is 0 Å². The molecule has 0 bridgehead atoms. The fourth-order valence-electron chi connectivity index (χ4n) is 1.81. The van der Waals surface area contributed by atoms with Crippen molar-refractivity contribution in [2.24, 2.45) is 0 Å². The Balaban J connectivity index is 2.08. The summed E-state index contributed by atoms with van der Waals surface area (Å²) in [6.07, 6.45) is 1.09. The van der Waals surface area contributed by atoms with E-state index < -0.39 is 0 Å². The van der Waals surface area contributed by atoms with Gasteiger partial charge in [-0.3, -0.25) is 0 Å². The molecule has 2 aromatic carbocycles. The van der Waals surface area contributed by atoms with E-state index in [1.54, 1.807) is 12.1 Å². The fourth-order valence-corrected chi connectivity index (χ4v) is 2.41. The molecule has 0 aromatic heterocycles. The van der Waals surface area contributed by atoms with E-state index in [2.05, 4.69) is 28.2 Å². The van der Waals surface area contributed by atoms with Gasteiger partial charge >= 0.3 is 0 Å². The molecule has 0 saturated heterocycles. The number of nitrogens with one attached hydrogen (secondary N) is 1. The lowest BCUT2D eigenvalue weighted by molar-refractivity contribution is 0.479. The zero-order chi connectivity index (χ0) is 15.2. The van der Waals surface area contributed by atoms with Crippen LogP contribution in [0, 0.1) is 5.82 Å². The predicted octanol–water partition coefficient (Wildman–Crippen LogP) is 5.53. The molecule has 0 saturated carbocycles. The highest BCUT2D eigenvalue weighted by Crippen LogP contribution is 2.32. The largest absolute Gasteiger partial charge is 0.456 e. The van der Waals surface area contributed by atoms with Crippen LogP contribution in [0.25, 0.3) is 0 Å². The highest BCUT2D eigenvalue weighted by Gasteiger charge is 2.07. The maximum Gasteiger partial charge on any atom is 0.146 e. The van der Waals surface area contributed by atoms with Crippen LogP contribution in [0.3, 0.4) is 0 Å². The maximum absolute atomic E-state index is 13.2. The molecule has 0 amide bonds. The second kappa shape index (κ2) is 7.78. The molecule has 0 heterocycles. The van der Waals surface area contributed by atoms with E-state index in [1.165, 1.54) is 6.07 Å². The molecular weight excluding hydrogens is 357 g/mol. The zero-order valence-corrected chi connectivity index (χ0v) is 14.0. The first kappa shape index (κ1) is 16.3. The van der Waals surface area contributed by atoms with Crippen molar-refractivity contribution in [3.63, 3.8) is 0 Å². The molecule has 2 rings (SSSR count). The maximum atomic E-state index is 13.2. The van der Waals surface area contributed by atoms with Crippen LogP contribution in [-0.2, 0) is 6.54 Å². The normalized spacial score (nSPS) is 10.7. The Morgan fingerprint density at radius 1 is 1.24 bits per heavy atom. The van der Waals surface area contributed by atoms with Crippen molar-refractivity contribution in [1.82, 2.24) is 5.32 Å². The number of halogens is 3. The molecule has 0 spiro atoms. The van der Waals surface area contributed by atoms with Gasteiger partial charge in [0.2, 0.25) is 0 Å². The first-order valence-corrected chi connectivity index (χ1v) is 7.89. The van der Waals surface area contributed by atoms with Crippen molar-refractivity contribution in [1.29, 1.82) is 0 Å². The predicted molar refractivity (Wildman–Crippen MR) is 87.6 cm³/mol. The molecule has 0 aliphatic heterocycles. The summed E-state index contributed by atoms with van der Waals surface area (Å²) in [4.78, 5) is 0. The highest BCUT2D eigenvalue weighted by molar-refractivity contribution is 9.10. The Labute approximate surface area is 137 Å². The lowest BCUT2D eigenvalue weighted by Gasteiger charge is -2.10. The lowest BCUT2D eigenvalue weighted by atomic mass is 10.2. The van der Waals surface area contributed by atoms with E-state index in [0.29, 0.717) is 21.0 Å². The minimum absolute atomic E-state index is 0.328. The first-order chi connectivity index (χ1) is 10.1. The van der Waals surface area contributed by atoms with Crippen LogP contribution in [0.1, 0.15) is 18.9 Å². The summed E-state index contributed by atoms with van der Waals surface area (Å²) in [5, 5.41) is 3.85. The molecule has 0 atom stereocenters. The topological polar surface area (TPSA) is 21.3 Å². The van der Waals surface area contributed by atoms with Crippen LogP contribution in [-0.4, -0.2) is 6.54 Å². The molecule has 0 unspecified atom stereocenters. The second-order valence-electron chi connectivity index (χ2n) is 4.62. The number of benzene rings is 2. The molecule has 5 heteroatoms. The van der Waals surface area contributed by atoms with Crippen molar-refractivity contribution in [2.45, 2.75) is 19.9 Å². The summed E-state index contributed by atoms with van der Waals surface area (Å²) in [6.45, 7) is 3.87. The van der Waals surface area contributed by atoms with Crippen molar-refractivity contribution in [3.05, 3.63) is 57.3 Å². The van der Waals surface area contributed by atoms with Gasteiger partial charge in [0.25, 0.3) is 0 Å². The molecule has 1 N–H and O–H groups in total. The monoisotopic (exact) mass is 371 g/mol. The Morgan fingerprint density at radius 3 is 2.71 bits per heavy atom. The summed E-state index contributed by atoms with van der Waals surface area (Å²) < 4.78 is 19.2. The first-order valence-electron chi connectivity index (χ1n) is 6.72. The van der Waals surface area contributed by atoms with Gasteiger partial charge in [-0.05, 0) is 64.8 Å². The molecular formula is C16H16BrClFNO. The van der Waals surface area contributed by atoms with Crippen molar-refractivity contribution in [3.8, 4) is 11.5 Å². The van der Waals surface area contributed by atoms with Gasteiger partial charge in [-0.25, -0.2) is 4.39 Å². The minimum atomic E-state index is -0.328. The van der Waals surface area contributed by atoms with E-state index in [4.69, 9.17) is 16.3 Å². The standard InChI is InChI=1S/C16H16BrClFNO/c1-2-7-20-10-11-3-6-16(14(18)8-11)21-12-4-5-15(19)13(17)9-12/h3-6,8-9,20H,2,7,10H2,1H3. The molecule has 2 aromatic rings. The van der Waals surface area contributed by atoms with Crippen LogP contribution < -0.4 is 10.1 Å². The van der Waals surface area contributed by atoms with E-state index in [1.807, 2.05) is 18.2 Å². The number of hydrogen-bond acceptors (Lipinski definition) is 2. The van der Waals surface area contributed by atoms with Crippen molar-refractivity contribution >= 4 is 27.5 Å². The Kier molecular flexibility index (Phi) is 6.03. The Bertz CT molecular complexity index is 621. The number of ether oxygens (including phenoxy) is 1. The summed E-state index contributed by atoms with van der Waals surface area (Å²) in [5.74, 6) is 0.752. The number of hydrogen-bond donors (Lipinski definition) is 1. The lowest BCUT2D eigenvalue weighted by Crippen LogP contribution is -2.13. The Morgan fingerprint density at radius 2 is 2.05 bits per heavy atom. The molecule has 0 radical (unpaired) electrons.